The molecule has 0 amide bonds. The van der Waals surface area contributed by atoms with Gasteiger partial charge in [0.1, 0.15) is 5.75 Å². The molecule has 1 aromatic carbocycles. The summed E-state index contributed by atoms with van der Waals surface area (Å²) < 4.78 is 3.77. The van der Waals surface area contributed by atoms with Crippen LogP contribution in [-0.2, 0) is 29.6 Å². The lowest BCUT2D eigenvalue weighted by Crippen LogP contribution is -2.40. The van der Waals surface area contributed by atoms with Crippen LogP contribution < -0.4 is 11.4 Å². The molecule has 2 heterocycles. The molecule has 168 valence electrons. The lowest BCUT2D eigenvalue weighted by molar-refractivity contribution is -0.116. The van der Waals surface area contributed by atoms with E-state index in [4.69, 9.17) is 0 Å². The Morgan fingerprint density at radius 3 is 2.67 bits per heavy atom. The Bertz CT molecular complexity index is 1470. The van der Waals surface area contributed by atoms with Crippen molar-refractivity contribution >= 4 is 11.6 Å². The van der Waals surface area contributed by atoms with Crippen molar-refractivity contribution in [2.75, 3.05) is 0 Å². The number of aromatic hydroxyl groups is 1. The molecular weight excluding hydrogens is 422 g/mol. The topological polar surface area (TPSA) is 103 Å². The van der Waals surface area contributed by atoms with Gasteiger partial charge in [-0.3, -0.25) is 9.59 Å². The Morgan fingerprint density at radius 1 is 1.18 bits per heavy atom. The summed E-state index contributed by atoms with van der Waals surface area (Å²) >= 11 is 0. The minimum Gasteiger partial charge on any atom is -0.507 e. The van der Waals surface area contributed by atoms with Crippen molar-refractivity contribution in [1.29, 1.82) is 0 Å². The highest BCUT2D eigenvalue weighted by molar-refractivity contribution is 6.23. The molecule has 1 aromatic heterocycles. The van der Waals surface area contributed by atoms with Crippen molar-refractivity contribution < 1.29 is 14.7 Å². The van der Waals surface area contributed by atoms with Crippen molar-refractivity contribution in [3.05, 3.63) is 97.4 Å². The van der Waals surface area contributed by atoms with Crippen LogP contribution >= 0.6 is 0 Å². The fraction of sp³-hybridized carbons (Fsp3) is 0.280. The Kier molecular flexibility index (Phi) is 4.63. The smallest absolute Gasteiger partial charge is 0.347 e. The van der Waals surface area contributed by atoms with Crippen LogP contribution in [-0.4, -0.2) is 30.6 Å². The average Bonchev–Trinajstić information content (AvgIpc) is 3.02. The highest BCUT2D eigenvalue weighted by atomic mass is 16.3. The highest BCUT2D eigenvalue weighted by Crippen LogP contribution is 2.51. The van der Waals surface area contributed by atoms with Crippen LogP contribution in [0.5, 0.6) is 5.75 Å². The summed E-state index contributed by atoms with van der Waals surface area (Å²) in [5.41, 5.74) is 1.94. The standard InChI is InChI=1S/C25H23N3O5/c1-4-6-14-7-5-8-16(23(14)31)20-15-9-10-27-24(32)26(3)25(33)28(27)18(15)12-17-21(20)19(29)11-13(2)22(17)30/h4-5,7-9,11,18,20,31H,1,6,10,12H2,2-3H3/t18-,20-/m1/s1. The number of hydrogen-bond acceptors (Lipinski definition) is 5. The number of fused-ring (bicyclic) bond motifs is 3. The molecule has 1 aliphatic heterocycles. The largest absolute Gasteiger partial charge is 0.507 e. The molecular formula is C25H23N3O5. The maximum Gasteiger partial charge on any atom is 0.347 e. The molecule has 0 radical (unpaired) electrons. The maximum atomic E-state index is 13.2. The van der Waals surface area contributed by atoms with Crippen LogP contribution in [0.25, 0.3) is 0 Å². The van der Waals surface area contributed by atoms with E-state index < -0.39 is 23.3 Å². The van der Waals surface area contributed by atoms with Gasteiger partial charge < -0.3 is 5.11 Å². The molecule has 0 saturated heterocycles. The summed E-state index contributed by atoms with van der Waals surface area (Å²) in [6.45, 7) is 5.49. The molecule has 0 fully saturated rings. The van der Waals surface area contributed by atoms with Gasteiger partial charge in [0.25, 0.3) is 0 Å². The number of phenols is 1. The summed E-state index contributed by atoms with van der Waals surface area (Å²) in [6, 6.07) is 4.69. The van der Waals surface area contributed by atoms with E-state index >= 15 is 0 Å². The van der Waals surface area contributed by atoms with Gasteiger partial charge >= 0.3 is 11.4 Å². The number of allylic oxidation sites excluding steroid dienone is 7. The first-order valence-electron chi connectivity index (χ1n) is 10.8. The fourth-order valence-corrected chi connectivity index (χ4v) is 5.28. The molecule has 2 aromatic rings. The van der Waals surface area contributed by atoms with Crippen LogP contribution in [0.1, 0.15) is 36.4 Å². The van der Waals surface area contributed by atoms with Gasteiger partial charge in [-0.2, -0.15) is 0 Å². The van der Waals surface area contributed by atoms with Gasteiger partial charge in [-0.05, 0) is 30.6 Å². The van der Waals surface area contributed by atoms with E-state index in [2.05, 4.69) is 6.58 Å². The minimum atomic E-state index is -0.708. The number of Topliss-reactive ketones (excluding diaryl/α,β-unsaturated/α-hetero) is 1. The number of nitrogens with zero attached hydrogens (tertiary/aromatic N) is 3. The van der Waals surface area contributed by atoms with Crippen LogP contribution in [0.2, 0.25) is 0 Å². The molecule has 5 rings (SSSR count). The van der Waals surface area contributed by atoms with Crippen molar-refractivity contribution in [3.8, 4) is 5.75 Å². The molecule has 2 aliphatic carbocycles. The van der Waals surface area contributed by atoms with Gasteiger partial charge in [0.15, 0.2) is 11.6 Å². The fourth-order valence-electron chi connectivity index (χ4n) is 5.28. The van der Waals surface area contributed by atoms with Gasteiger partial charge in [0.2, 0.25) is 0 Å². The van der Waals surface area contributed by atoms with Gasteiger partial charge in [0.05, 0.1) is 12.6 Å². The Morgan fingerprint density at radius 2 is 1.94 bits per heavy atom. The van der Waals surface area contributed by atoms with E-state index in [1.54, 1.807) is 31.2 Å². The van der Waals surface area contributed by atoms with Crippen LogP contribution in [0.4, 0.5) is 0 Å². The molecule has 0 saturated carbocycles. The van der Waals surface area contributed by atoms with Gasteiger partial charge in [-0.15, -0.1) is 6.58 Å². The monoisotopic (exact) mass is 445 g/mol. The average molecular weight is 445 g/mol. The Hall–Kier alpha value is -3.94. The maximum absolute atomic E-state index is 13.2. The second-order valence-electron chi connectivity index (χ2n) is 8.67. The quantitative estimate of drug-likeness (QED) is 0.574. The molecule has 33 heavy (non-hydrogen) atoms. The second-order valence-corrected chi connectivity index (χ2v) is 8.67. The molecule has 8 nitrogen and oxygen atoms in total. The van der Waals surface area contributed by atoms with Gasteiger partial charge in [0, 0.05) is 41.7 Å². The molecule has 0 bridgehead atoms. The summed E-state index contributed by atoms with van der Waals surface area (Å²) in [6.07, 6.45) is 5.42. The van der Waals surface area contributed by atoms with Crippen LogP contribution in [0.3, 0.4) is 0 Å². The molecule has 2 atom stereocenters. The zero-order valence-corrected chi connectivity index (χ0v) is 18.4. The van der Waals surface area contributed by atoms with E-state index in [0.717, 1.165) is 10.1 Å². The third-order valence-electron chi connectivity index (χ3n) is 6.85. The summed E-state index contributed by atoms with van der Waals surface area (Å²) in [7, 11) is 1.42. The Balaban J connectivity index is 1.80. The summed E-state index contributed by atoms with van der Waals surface area (Å²) in [5.74, 6) is -1.20. The zero-order valence-electron chi connectivity index (χ0n) is 18.4. The number of carbonyl (C=O) groups is 2. The first-order valence-corrected chi connectivity index (χ1v) is 10.8. The molecule has 1 N–H and O–H groups in total. The predicted molar refractivity (Wildman–Crippen MR) is 121 cm³/mol. The summed E-state index contributed by atoms with van der Waals surface area (Å²) in [5, 5.41) is 11.1. The third-order valence-corrected chi connectivity index (χ3v) is 6.85. The summed E-state index contributed by atoms with van der Waals surface area (Å²) in [4.78, 5) is 51.9. The molecule has 0 unspecified atom stereocenters. The predicted octanol–water partition coefficient (Wildman–Crippen LogP) is 1.85. The van der Waals surface area contributed by atoms with Crippen molar-refractivity contribution in [2.24, 2.45) is 7.05 Å². The first kappa shape index (κ1) is 20.9. The molecule has 8 heteroatoms. The number of aromatic nitrogens is 3. The molecule has 3 aliphatic rings. The van der Waals surface area contributed by atoms with Gasteiger partial charge in [-0.25, -0.2) is 23.5 Å². The normalized spacial score (nSPS) is 21.8. The second kappa shape index (κ2) is 7.30. The minimum absolute atomic E-state index is 0.0331. The van der Waals surface area contributed by atoms with E-state index in [1.807, 2.05) is 6.08 Å². The lowest BCUT2D eigenvalue weighted by atomic mass is 9.67. The molecule has 0 spiro atoms. The number of para-hydroxylation sites is 1. The van der Waals surface area contributed by atoms with Crippen LogP contribution in [0, 0.1) is 0 Å². The SMILES string of the molecule is C=CCc1cccc([C@H]2C3=CCn4c(=O)n(C)c(=O)n4[C@@H]3CC3=C2C(=O)C=C(C)C3=O)c1O. The van der Waals surface area contributed by atoms with Crippen molar-refractivity contribution in [1.82, 2.24) is 13.9 Å². The Labute approximate surface area is 189 Å². The number of phenolic OH excluding ortho intramolecular Hbond substituents is 1. The first-order chi connectivity index (χ1) is 15.8. The van der Waals surface area contributed by atoms with E-state index in [1.165, 1.54) is 22.5 Å². The third kappa shape index (κ3) is 2.83. The van der Waals surface area contributed by atoms with E-state index in [9.17, 15) is 24.3 Å². The lowest BCUT2D eigenvalue weighted by Gasteiger charge is -2.39. The van der Waals surface area contributed by atoms with E-state index in [0.29, 0.717) is 34.3 Å². The highest BCUT2D eigenvalue weighted by Gasteiger charge is 2.45. The number of carbonyl (C=O) groups excluding carboxylic acids is 2. The van der Waals surface area contributed by atoms with Gasteiger partial charge in [-0.1, -0.05) is 30.4 Å². The number of hydrogen-bond donors (Lipinski definition) is 1. The van der Waals surface area contributed by atoms with Crippen LogP contribution in [0.15, 0.2) is 74.9 Å². The number of ketones is 2. The zero-order chi connectivity index (χ0) is 23.6. The van der Waals surface area contributed by atoms with E-state index in [-0.39, 0.29) is 30.3 Å². The van der Waals surface area contributed by atoms with Crippen molar-refractivity contribution in [2.45, 2.75) is 38.3 Å². The number of rotatable bonds is 3. The number of benzene rings is 1. The van der Waals surface area contributed by atoms with Crippen molar-refractivity contribution in [3.63, 3.8) is 0 Å².